The van der Waals surface area contributed by atoms with E-state index >= 15 is 0 Å². The molecule has 0 spiro atoms. The lowest BCUT2D eigenvalue weighted by atomic mass is 9.79. The average Bonchev–Trinajstić information content (AvgIpc) is 3.02. The van der Waals surface area contributed by atoms with E-state index in [0.29, 0.717) is 38.4 Å². The van der Waals surface area contributed by atoms with Gasteiger partial charge in [-0.15, -0.1) is 0 Å². The van der Waals surface area contributed by atoms with Gasteiger partial charge in [-0.05, 0) is 70.7 Å². The Labute approximate surface area is 277 Å². The Morgan fingerprint density at radius 1 is 1.04 bits per heavy atom. The Bertz CT molecular complexity index is 1070. The number of aliphatic hydroxyl groups is 1. The lowest BCUT2D eigenvalue weighted by Gasteiger charge is -2.48. The zero-order chi connectivity index (χ0) is 34.1. The minimum absolute atomic E-state index is 0.0163. The van der Waals surface area contributed by atoms with Crippen LogP contribution in [0.2, 0.25) is 0 Å². The molecule has 0 aromatic carbocycles. The molecule has 1 unspecified atom stereocenters. The van der Waals surface area contributed by atoms with Crippen LogP contribution in [0.25, 0.3) is 0 Å². The maximum absolute atomic E-state index is 13.6. The molecule has 12 atom stereocenters. The summed E-state index contributed by atoms with van der Waals surface area (Å²) in [5.41, 5.74) is 1.61. The van der Waals surface area contributed by atoms with Gasteiger partial charge in [0.1, 0.15) is 6.10 Å². The fourth-order valence-corrected chi connectivity index (χ4v) is 7.51. The maximum atomic E-state index is 13.6. The van der Waals surface area contributed by atoms with Crippen LogP contribution in [-0.2, 0) is 33.3 Å². The Morgan fingerprint density at radius 3 is 2.41 bits per heavy atom. The van der Waals surface area contributed by atoms with E-state index in [1.165, 1.54) is 0 Å². The third kappa shape index (κ3) is 10.3. The summed E-state index contributed by atoms with van der Waals surface area (Å²) in [4.78, 5) is 29.3. The van der Waals surface area contributed by atoms with Gasteiger partial charge in [-0.1, -0.05) is 58.9 Å². The summed E-state index contributed by atoms with van der Waals surface area (Å²) in [6, 6.07) is 0.247. The van der Waals surface area contributed by atoms with Gasteiger partial charge in [-0.2, -0.15) is 0 Å². The van der Waals surface area contributed by atoms with Gasteiger partial charge >= 0.3 is 5.97 Å². The number of hydrogen-bond acceptors (Lipinski definition) is 9. The highest BCUT2D eigenvalue weighted by atomic mass is 16.7. The second kappa shape index (κ2) is 18.0. The van der Waals surface area contributed by atoms with Crippen molar-refractivity contribution in [2.24, 2.45) is 35.5 Å². The third-order valence-electron chi connectivity index (χ3n) is 10.4. The van der Waals surface area contributed by atoms with Crippen molar-refractivity contribution in [3.63, 3.8) is 0 Å². The molecule has 2 fully saturated rings. The molecule has 3 aliphatic rings. The van der Waals surface area contributed by atoms with Gasteiger partial charge in [-0.25, -0.2) is 0 Å². The Kier molecular flexibility index (Phi) is 15.1. The van der Waals surface area contributed by atoms with E-state index < -0.39 is 30.5 Å². The number of ether oxygens (including phenoxy) is 5. The minimum atomic E-state index is -0.545. The number of carbonyl (C=O) groups is 2. The number of ketones is 1. The van der Waals surface area contributed by atoms with Gasteiger partial charge in [0.15, 0.2) is 12.1 Å². The smallest absolute Gasteiger partial charge is 0.308 e. The first kappa shape index (κ1) is 38.6. The molecule has 0 aliphatic carbocycles. The molecule has 2 bridgehead atoms. The summed E-state index contributed by atoms with van der Waals surface area (Å²) in [5, 5.41) is 10.2. The minimum Gasteiger partial charge on any atom is -0.462 e. The van der Waals surface area contributed by atoms with Crippen LogP contribution in [0.3, 0.4) is 0 Å². The van der Waals surface area contributed by atoms with E-state index in [0.717, 1.165) is 11.1 Å². The summed E-state index contributed by atoms with van der Waals surface area (Å²) < 4.78 is 32.1. The van der Waals surface area contributed by atoms with Crippen LogP contribution in [0.4, 0.5) is 0 Å². The van der Waals surface area contributed by atoms with Gasteiger partial charge in [-0.3, -0.25) is 9.59 Å². The quantitative estimate of drug-likeness (QED) is 0.312. The third-order valence-corrected chi connectivity index (χ3v) is 10.4. The maximum Gasteiger partial charge on any atom is 0.308 e. The highest BCUT2D eigenvalue weighted by molar-refractivity contribution is 5.91. The molecule has 0 saturated carbocycles. The molecule has 3 aliphatic heterocycles. The summed E-state index contributed by atoms with van der Waals surface area (Å²) in [6.07, 6.45) is 5.11. The monoisotopic (exact) mass is 647 g/mol. The summed E-state index contributed by atoms with van der Waals surface area (Å²) >= 11 is 0. The molecule has 0 aromatic heterocycles. The molecule has 3 heterocycles. The molecule has 46 heavy (non-hydrogen) atoms. The van der Waals surface area contributed by atoms with Crippen molar-refractivity contribution in [2.75, 3.05) is 40.5 Å². The molecule has 9 heteroatoms. The number of hydrogen-bond donors (Lipinski definition) is 1. The Morgan fingerprint density at radius 2 is 1.76 bits per heavy atom. The Hall–Kier alpha value is -1.88. The number of allylic oxidation sites excluding steroid dienone is 3. The second-order valence-corrected chi connectivity index (χ2v) is 14.3. The topological polar surface area (TPSA) is 104 Å². The number of carbonyl (C=O) groups excluding carboxylic acids is 2. The van der Waals surface area contributed by atoms with Gasteiger partial charge < -0.3 is 33.7 Å². The molecule has 0 aromatic rings. The van der Waals surface area contributed by atoms with Crippen LogP contribution in [0.5, 0.6) is 0 Å². The Balaban J connectivity index is 2.09. The molecular weight excluding hydrogens is 586 g/mol. The fraction of sp³-hybridized carbons (Fsp3) is 0.784. The molecule has 3 rings (SSSR count). The first-order valence-electron chi connectivity index (χ1n) is 17.3. The predicted octanol–water partition coefficient (Wildman–Crippen LogP) is 5.36. The van der Waals surface area contributed by atoms with Crippen molar-refractivity contribution < 1.29 is 38.4 Å². The van der Waals surface area contributed by atoms with E-state index in [-0.39, 0.29) is 67.2 Å². The standard InChI is InChI=1S/C37H61NO8/c1-11-32-30(19-39)16-22(2)12-13-31(40)24(4)17-29-14-15-42-20-23(3)21-43-33(18-34(41)45-32)26(6)36(29)46-37-27(7)35(38(9)10)25(5)28(8)44-37/h12-13,16,24-30,32-33,35-37,39H,3,11,14-15,17-21H2,1-2,4-10H3/b13-12+,22-16+/t24-,25-,26+,27-,28-,29?,30-,32-,33-,35+,36-,37+/m1/s1. The van der Waals surface area contributed by atoms with Crippen molar-refractivity contribution in [1.29, 1.82) is 0 Å². The normalized spacial score (nSPS) is 41.4. The lowest BCUT2D eigenvalue weighted by Crippen LogP contribution is -2.56. The van der Waals surface area contributed by atoms with Crippen LogP contribution in [0, 0.1) is 35.5 Å². The SMILES string of the molecule is C=C1COCCC2C[C@@H](C)C(=O)/C=C/C(C)=C/[C@H](CO)[C@@H](CC)OC(=O)C[C@@H](OC1)[C@H](C)[C@H]2O[C@@H]1O[C@H](C)[C@@H](C)[C@H](N(C)C)[C@H]1C. The summed E-state index contributed by atoms with van der Waals surface area (Å²) in [5.74, 6) is -0.989. The highest BCUT2D eigenvalue weighted by Gasteiger charge is 2.45. The van der Waals surface area contributed by atoms with Crippen LogP contribution < -0.4 is 0 Å². The van der Waals surface area contributed by atoms with Crippen molar-refractivity contribution in [3.8, 4) is 0 Å². The van der Waals surface area contributed by atoms with E-state index in [1.807, 2.05) is 26.8 Å². The van der Waals surface area contributed by atoms with E-state index in [4.69, 9.17) is 23.7 Å². The fourth-order valence-electron chi connectivity index (χ4n) is 7.51. The van der Waals surface area contributed by atoms with Crippen molar-refractivity contribution >= 4 is 11.8 Å². The number of esters is 1. The first-order valence-corrected chi connectivity index (χ1v) is 17.3. The van der Waals surface area contributed by atoms with Crippen molar-refractivity contribution in [1.82, 2.24) is 4.90 Å². The lowest BCUT2D eigenvalue weighted by molar-refractivity contribution is -0.278. The molecule has 0 radical (unpaired) electrons. The van der Waals surface area contributed by atoms with Crippen LogP contribution >= 0.6 is 0 Å². The van der Waals surface area contributed by atoms with Gasteiger partial charge in [0.25, 0.3) is 0 Å². The van der Waals surface area contributed by atoms with Crippen molar-refractivity contribution in [2.45, 2.75) is 111 Å². The van der Waals surface area contributed by atoms with E-state index in [9.17, 15) is 14.7 Å². The van der Waals surface area contributed by atoms with Gasteiger partial charge in [0, 0.05) is 36.3 Å². The van der Waals surface area contributed by atoms with Gasteiger partial charge in [0.2, 0.25) is 0 Å². The number of aliphatic hydroxyl groups excluding tert-OH is 1. The van der Waals surface area contributed by atoms with Gasteiger partial charge in [0.05, 0.1) is 44.6 Å². The molecule has 0 amide bonds. The number of fused-ring (bicyclic) bond motifs is 3. The average molecular weight is 648 g/mol. The number of cyclic esters (lactones) is 1. The van der Waals surface area contributed by atoms with E-state index in [1.54, 1.807) is 12.2 Å². The molecular formula is C37H61NO8. The molecule has 2 saturated heterocycles. The molecule has 1 N–H and O–H groups in total. The highest BCUT2D eigenvalue weighted by Crippen LogP contribution is 2.38. The number of rotatable bonds is 5. The zero-order valence-electron chi connectivity index (χ0n) is 29.8. The summed E-state index contributed by atoms with van der Waals surface area (Å²) in [7, 11) is 4.20. The molecule has 262 valence electrons. The van der Waals surface area contributed by atoms with Crippen LogP contribution in [0.15, 0.2) is 36.0 Å². The largest absolute Gasteiger partial charge is 0.462 e. The first-order chi connectivity index (χ1) is 21.8. The second-order valence-electron chi connectivity index (χ2n) is 14.3. The van der Waals surface area contributed by atoms with Crippen LogP contribution in [-0.4, -0.2) is 99.0 Å². The van der Waals surface area contributed by atoms with Crippen LogP contribution in [0.1, 0.15) is 74.1 Å². The number of nitrogens with zero attached hydrogens (tertiary/aromatic N) is 1. The van der Waals surface area contributed by atoms with Crippen molar-refractivity contribution in [3.05, 3.63) is 36.0 Å². The predicted molar refractivity (Wildman–Crippen MR) is 179 cm³/mol. The van der Waals surface area contributed by atoms with E-state index in [2.05, 4.69) is 53.3 Å². The summed E-state index contributed by atoms with van der Waals surface area (Å²) in [6.45, 7) is 19.4. The molecule has 9 nitrogen and oxygen atoms in total. The zero-order valence-corrected chi connectivity index (χ0v) is 29.8.